The van der Waals surface area contributed by atoms with Crippen LogP contribution in [0.15, 0.2) is 24.3 Å². The van der Waals surface area contributed by atoms with E-state index < -0.39 is 23.2 Å². The number of anilines is 2. The first-order valence-electron chi connectivity index (χ1n) is 12.1. The molecule has 1 atom stereocenters. The molecule has 1 aliphatic heterocycles. The van der Waals surface area contributed by atoms with Crippen molar-refractivity contribution in [3.63, 3.8) is 0 Å². The minimum Gasteiger partial charge on any atom is -0.444 e. The van der Waals surface area contributed by atoms with Crippen molar-refractivity contribution >= 4 is 29.2 Å². The summed E-state index contributed by atoms with van der Waals surface area (Å²) in [5.74, 6) is -0.322. The van der Waals surface area contributed by atoms with Crippen molar-refractivity contribution < 1.29 is 19.1 Å². The third-order valence-corrected chi connectivity index (χ3v) is 6.27. The van der Waals surface area contributed by atoms with E-state index in [4.69, 9.17) is 4.74 Å². The van der Waals surface area contributed by atoms with Gasteiger partial charge in [0.05, 0.1) is 17.9 Å². The highest BCUT2D eigenvalue weighted by molar-refractivity contribution is 6.07. The quantitative estimate of drug-likeness (QED) is 0.710. The second kappa shape index (κ2) is 9.74. The third kappa shape index (κ3) is 6.27. The average Bonchev–Trinajstić information content (AvgIpc) is 2.83. The number of rotatable bonds is 4. The molecule has 0 saturated heterocycles. The van der Waals surface area contributed by atoms with E-state index in [1.165, 1.54) is 6.42 Å². The van der Waals surface area contributed by atoms with Gasteiger partial charge in [-0.05, 0) is 45.7 Å². The molecule has 1 aromatic carbocycles. The van der Waals surface area contributed by atoms with Crippen LogP contribution >= 0.6 is 0 Å². The van der Waals surface area contributed by atoms with Crippen LogP contribution in [0.2, 0.25) is 0 Å². The largest absolute Gasteiger partial charge is 0.444 e. The number of ketones is 1. The summed E-state index contributed by atoms with van der Waals surface area (Å²) in [6.45, 7) is 11.3. The minimum absolute atomic E-state index is 0.0345. The number of hydrogen-bond acceptors (Lipinski definition) is 5. The van der Waals surface area contributed by atoms with Gasteiger partial charge >= 0.3 is 6.09 Å². The summed E-state index contributed by atoms with van der Waals surface area (Å²) in [7, 11) is 0. The smallest absolute Gasteiger partial charge is 0.408 e. The molecule has 33 heavy (non-hydrogen) atoms. The first-order chi connectivity index (χ1) is 15.4. The van der Waals surface area contributed by atoms with Crippen LogP contribution in [0.3, 0.4) is 0 Å². The number of nitrogens with zero attached hydrogens (tertiary/aromatic N) is 2. The number of amides is 2. The Hall–Kier alpha value is -2.57. The van der Waals surface area contributed by atoms with Crippen LogP contribution in [-0.2, 0) is 14.3 Å². The van der Waals surface area contributed by atoms with Crippen LogP contribution in [0.5, 0.6) is 0 Å². The van der Waals surface area contributed by atoms with E-state index in [1.54, 1.807) is 25.7 Å². The van der Waals surface area contributed by atoms with Gasteiger partial charge in [-0.15, -0.1) is 0 Å². The lowest BCUT2D eigenvalue weighted by Gasteiger charge is -2.37. The van der Waals surface area contributed by atoms with Crippen LogP contribution in [0.4, 0.5) is 16.2 Å². The SMILES string of the molecule is CC(C)(C)OC(=O)NC1CN(C2CCCCC2)c2ccccc2N(CC(=O)C(C)(C)C)C1=O. The zero-order valence-electron chi connectivity index (χ0n) is 20.9. The van der Waals surface area contributed by atoms with Crippen LogP contribution in [0.1, 0.15) is 73.6 Å². The van der Waals surface area contributed by atoms with Gasteiger partial charge in [-0.2, -0.15) is 0 Å². The van der Waals surface area contributed by atoms with E-state index in [9.17, 15) is 14.4 Å². The van der Waals surface area contributed by atoms with Gasteiger partial charge < -0.3 is 19.9 Å². The van der Waals surface area contributed by atoms with Crippen molar-refractivity contribution in [2.45, 2.75) is 91.3 Å². The monoisotopic (exact) mass is 457 g/mol. The molecule has 1 heterocycles. The summed E-state index contributed by atoms with van der Waals surface area (Å²) in [5, 5.41) is 2.81. The molecule has 0 bridgehead atoms. The summed E-state index contributed by atoms with van der Waals surface area (Å²) in [5.41, 5.74) is 0.400. The molecule has 1 aliphatic carbocycles. The van der Waals surface area contributed by atoms with E-state index in [1.807, 2.05) is 45.0 Å². The molecule has 7 heteroatoms. The van der Waals surface area contributed by atoms with Crippen molar-refractivity contribution in [3.8, 4) is 0 Å². The molecule has 182 valence electrons. The Morgan fingerprint density at radius 2 is 1.61 bits per heavy atom. The number of ether oxygens (including phenoxy) is 1. The number of nitrogens with one attached hydrogen (secondary N) is 1. The predicted octanol–water partition coefficient (Wildman–Crippen LogP) is 4.68. The highest BCUT2D eigenvalue weighted by Gasteiger charge is 2.39. The molecule has 0 spiro atoms. The van der Waals surface area contributed by atoms with Crippen molar-refractivity contribution in [2.75, 3.05) is 22.9 Å². The molecule has 7 nitrogen and oxygen atoms in total. The Labute approximate surface area is 197 Å². The highest BCUT2D eigenvalue weighted by Crippen LogP contribution is 2.37. The summed E-state index contributed by atoms with van der Waals surface area (Å²) >= 11 is 0. The number of Topliss-reactive ketones (excluding diaryl/α,β-unsaturated/α-hetero) is 1. The molecule has 1 fully saturated rings. The van der Waals surface area contributed by atoms with Crippen molar-refractivity contribution in [1.29, 1.82) is 0 Å². The molecule has 1 N–H and O–H groups in total. The predicted molar refractivity (Wildman–Crippen MR) is 131 cm³/mol. The van der Waals surface area contributed by atoms with Crippen LogP contribution in [0.25, 0.3) is 0 Å². The van der Waals surface area contributed by atoms with Gasteiger partial charge in [0.15, 0.2) is 5.78 Å². The number of benzene rings is 1. The molecular formula is C26H39N3O4. The molecule has 3 rings (SSSR count). The fourth-order valence-electron chi connectivity index (χ4n) is 4.45. The Balaban J connectivity index is 2.00. The van der Waals surface area contributed by atoms with Gasteiger partial charge in [-0.1, -0.05) is 52.2 Å². The second-order valence-corrected chi connectivity index (χ2v) is 11.2. The van der Waals surface area contributed by atoms with Crippen molar-refractivity contribution in [2.24, 2.45) is 5.41 Å². The Morgan fingerprint density at radius 1 is 1.00 bits per heavy atom. The lowest BCUT2D eigenvalue weighted by molar-refractivity contribution is -0.127. The van der Waals surface area contributed by atoms with Gasteiger partial charge in [-0.3, -0.25) is 9.59 Å². The number of carbonyl (C=O) groups is 3. The highest BCUT2D eigenvalue weighted by atomic mass is 16.6. The minimum atomic E-state index is -0.818. The van der Waals surface area contributed by atoms with E-state index in [0.717, 1.165) is 37.1 Å². The normalized spacial score (nSPS) is 20.2. The van der Waals surface area contributed by atoms with Crippen molar-refractivity contribution in [1.82, 2.24) is 5.32 Å². The Morgan fingerprint density at radius 3 is 2.18 bits per heavy atom. The summed E-state index contributed by atoms with van der Waals surface area (Å²) in [6.07, 6.45) is 4.97. The van der Waals surface area contributed by atoms with Crippen molar-refractivity contribution in [3.05, 3.63) is 24.3 Å². The fraction of sp³-hybridized carbons (Fsp3) is 0.654. The topological polar surface area (TPSA) is 79.0 Å². The van der Waals surface area contributed by atoms with Gasteiger partial charge in [-0.25, -0.2) is 4.79 Å². The maximum Gasteiger partial charge on any atom is 0.408 e. The summed E-state index contributed by atoms with van der Waals surface area (Å²) in [4.78, 5) is 43.2. The number of hydrogen-bond donors (Lipinski definition) is 1. The average molecular weight is 458 g/mol. The Kier molecular flexibility index (Phi) is 7.39. The van der Waals surface area contributed by atoms with Gasteiger partial charge in [0.2, 0.25) is 0 Å². The molecule has 2 amide bonds. The van der Waals surface area contributed by atoms with Gasteiger partial charge in [0.1, 0.15) is 11.6 Å². The maximum atomic E-state index is 13.8. The number of carbonyl (C=O) groups excluding carboxylic acids is 3. The molecule has 0 aromatic heterocycles. The number of alkyl carbamates (subject to hydrolysis) is 1. The standard InChI is InChI=1S/C26H39N3O4/c1-25(2,3)22(30)17-29-21-15-11-10-14-20(21)28(18-12-8-7-9-13-18)16-19(23(29)31)27-24(32)33-26(4,5)6/h10-11,14-15,18-19H,7-9,12-13,16-17H2,1-6H3,(H,27,32). The molecule has 1 saturated carbocycles. The molecule has 2 aliphatic rings. The molecular weight excluding hydrogens is 418 g/mol. The van der Waals surface area contributed by atoms with Crippen LogP contribution in [0, 0.1) is 5.41 Å². The molecule has 0 radical (unpaired) electrons. The van der Waals surface area contributed by atoms with E-state index >= 15 is 0 Å². The summed E-state index contributed by atoms with van der Waals surface area (Å²) < 4.78 is 5.45. The number of para-hydroxylation sites is 2. The zero-order valence-corrected chi connectivity index (χ0v) is 20.9. The van der Waals surface area contributed by atoms with E-state index in [2.05, 4.69) is 10.2 Å². The first kappa shape index (κ1) is 25.1. The Bertz CT molecular complexity index is 878. The zero-order chi connectivity index (χ0) is 24.4. The van der Waals surface area contributed by atoms with E-state index in [0.29, 0.717) is 6.54 Å². The lowest BCUT2D eigenvalue weighted by Crippen LogP contribution is -2.55. The summed E-state index contributed by atoms with van der Waals surface area (Å²) in [6, 6.07) is 7.23. The van der Waals surface area contributed by atoms with E-state index in [-0.39, 0.29) is 24.3 Å². The molecule has 1 aromatic rings. The second-order valence-electron chi connectivity index (χ2n) is 11.2. The maximum absolute atomic E-state index is 13.8. The lowest BCUT2D eigenvalue weighted by atomic mass is 9.90. The fourth-order valence-corrected chi connectivity index (χ4v) is 4.45. The molecule has 1 unspecified atom stereocenters. The first-order valence-corrected chi connectivity index (χ1v) is 12.1. The third-order valence-electron chi connectivity index (χ3n) is 6.27. The number of fused-ring (bicyclic) bond motifs is 1. The van der Waals surface area contributed by atoms with Crippen LogP contribution < -0.4 is 15.1 Å². The van der Waals surface area contributed by atoms with Crippen LogP contribution in [-0.4, -0.2) is 48.6 Å². The van der Waals surface area contributed by atoms with Gasteiger partial charge in [0, 0.05) is 18.0 Å². The van der Waals surface area contributed by atoms with Gasteiger partial charge in [0.25, 0.3) is 5.91 Å².